The molecule has 0 amide bonds. The fraction of sp³-hybridized carbons (Fsp3) is 0.571. The Morgan fingerprint density at radius 3 is 2.50 bits per heavy atom. The summed E-state index contributed by atoms with van der Waals surface area (Å²) in [6.07, 6.45) is 2.31. The summed E-state index contributed by atoms with van der Waals surface area (Å²) >= 11 is 6.00. The normalized spacial score (nSPS) is 13.8. The first-order chi connectivity index (χ1) is 7.42. The van der Waals surface area contributed by atoms with E-state index in [0.717, 1.165) is 11.4 Å². The van der Waals surface area contributed by atoms with Crippen LogP contribution in [0.2, 0.25) is 5.02 Å². The molecule has 0 saturated heterocycles. The fourth-order valence-electron chi connectivity index (χ4n) is 1.79. The molecule has 1 unspecified atom stereocenters. The summed E-state index contributed by atoms with van der Waals surface area (Å²) in [5.41, 5.74) is 7.47. The Kier molecular flexibility index (Phi) is 4.82. The van der Waals surface area contributed by atoms with Crippen LogP contribution in [0, 0.1) is 5.41 Å². The van der Waals surface area contributed by atoms with Gasteiger partial charge < -0.3 is 5.73 Å². The van der Waals surface area contributed by atoms with Gasteiger partial charge in [-0.2, -0.15) is 0 Å². The molecule has 90 valence electrons. The molecule has 0 aliphatic heterocycles. The number of halogens is 1. The Balaban J connectivity index is 2.68. The Labute approximate surface area is 104 Å². The summed E-state index contributed by atoms with van der Waals surface area (Å²) in [4.78, 5) is 0. The van der Waals surface area contributed by atoms with Gasteiger partial charge in [-0.3, -0.25) is 0 Å². The van der Waals surface area contributed by atoms with Gasteiger partial charge in [0.2, 0.25) is 0 Å². The summed E-state index contributed by atoms with van der Waals surface area (Å²) in [5.74, 6) is 0.429. The molecule has 0 aromatic heterocycles. The average Bonchev–Trinajstić information content (AvgIpc) is 2.17. The number of nitrogens with two attached hydrogens (primary N) is 1. The van der Waals surface area contributed by atoms with Crippen molar-refractivity contribution in [3.05, 3.63) is 34.9 Å². The Hall–Kier alpha value is -0.530. The monoisotopic (exact) mass is 239 g/mol. The highest BCUT2D eigenvalue weighted by molar-refractivity contribution is 6.30. The van der Waals surface area contributed by atoms with Gasteiger partial charge in [0.1, 0.15) is 0 Å². The van der Waals surface area contributed by atoms with Crippen LogP contribution in [0.3, 0.4) is 0 Å². The van der Waals surface area contributed by atoms with Crippen LogP contribution < -0.4 is 5.73 Å². The molecule has 0 fully saturated rings. The van der Waals surface area contributed by atoms with Gasteiger partial charge in [0, 0.05) is 5.02 Å². The molecule has 0 spiro atoms. The SMILES string of the molecule is CC(C)(C)CCC(CN)c1cccc(Cl)c1. The van der Waals surface area contributed by atoms with Crippen LogP contribution in [0.15, 0.2) is 24.3 Å². The van der Waals surface area contributed by atoms with E-state index in [1.807, 2.05) is 18.2 Å². The van der Waals surface area contributed by atoms with Crippen LogP contribution in [-0.2, 0) is 0 Å². The Morgan fingerprint density at radius 2 is 2.00 bits per heavy atom. The van der Waals surface area contributed by atoms with Crippen molar-refractivity contribution in [2.24, 2.45) is 11.1 Å². The number of rotatable bonds is 4. The summed E-state index contributed by atoms with van der Waals surface area (Å²) in [6.45, 7) is 7.48. The molecular weight excluding hydrogens is 218 g/mol. The largest absolute Gasteiger partial charge is 0.330 e. The van der Waals surface area contributed by atoms with Crippen molar-refractivity contribution in [3.63, 3.8) is 0 Å². The fourth-order valence-corrected chi connectivity index (χ4v) is 1.99. The Bertz CT molecular complexity index is 328. The second kappa shape index (κ2) is 5.70. The van der Waals surface area contributed by atoms with Crippen LogP contribution in [0.5, 0.6) is 0 Å². The van der Waals surface area contributed by atoms with Crippen molar-refractivity contribution in [1.82, 2.24) is 0 Å². The summed E-state index contributed by atoms with van der Waals surface area (Å²) < 4.78 is 0. The maximum absolute atomic E-state index is 6.00. The third-order valence-corrected chi connectivity index (χ3v) is 3.08. The van der Waals surface area contributed by atoms with Crippen LogP contribution in [-0.4, -0.2) is 6.54 Å². The molecule has 0 aliphatic carbocycles. The molecule has 1 rings (SSSR count). The van der Waals surface area contributed by atoms with E-state index >= 15 is 0 Å². The number of hydrogen-bond donors (Lipinski definition) is 1. The van der Waals surface area contributed by atoms with Gasteiger partial charge in [0.15, 0.2) is 0 Å². The van der Waals surface area contributed by atoms with Crippen molar-refractivity contribution in [1.29, 1.82) is 0 Å². The summed E-state index contributed by atoms with van der Waals surface area (Å²) in [5, 5.41) is 0.798. The van der Waals surface area contributed by atoms with Crippen molar-refractivity contribution in [3.8, 4) is 0 Å². The third-order valence-electron chi connectivity index (χ3n) is 2.85. The van der Waals surface area contributed by atoms with Gasteiger partial charge in [0.05, 0.1) is 0 Å². The maximum atomic E-state index is 6.00. The smallest absolute Gasteiger partial charge is 0.0408 e. The molecule has 0 bridgehead atoms. The number of benzene rings is 1. The van der Waals surface area contributed by atoms with Gasteiger partial charge in [-0.15, -0.1) is 0 Å². The molecule has 0 heterocycles. The van der Waals surface area contributed by atoms with E-state index in [-0.39, 0.29) is 0 Å². The maximum Gasteiger partial charge on any atom is 0.0408 e. The molecule has 0 radical (unpaired) electrons. The predicted molar refractivity (Wildman–Crippen MR) is 71.9 cm³/mol. The molecule has 16 heavy (non-hydrogen) atoms. The minimum Gasteiger partial charge on any atom is -0.330 e. The molecule has 0 aliphatic rings. The zero-order valence-corrected chi connectivity index (χ0v) is 11.2. The van der Waals surface area contributed by atoms with E-state index in [1.54, 1.807) is 0 Å². The lowest BCUT2D eigenvalue weighted by atomic mass is 9.84. The van der Waals surface area contributed by atoms with E-state index in [0.29, 0.717) is 17.9 Å². The first-order valence-corrected chi connectivity index (χ1v) is 6.26. The van der Waals surface area contributed by atoms with Gasteiger partial charge in [-0.25, -0.2) is 0 Å². The van der Waals surface area contributed by atoms with Crippen molar-refractivity contribution >= 4 is 11.6 Å². The highest BCUT2D eigenvalue weighted by atomic mass is 35.5. The van der Waals surface area contributed by atoms with Crippen molar-refractivity contribution in [2.45, 2.75) is 39.5 Å². The summed E-state index contributed by atoms with van der Waals surface area (Å²) in [6, 6.07) is 8.05. The van der Waals surface area contributed by atoms with Crippen LogP contribution >= 0.6 is 11.6 Å². The minimum absolute atomic E-state index is 0.367. The van der Waals surface area contributed by atoms with E-state index in [1.165, 1.54) is 12.0 Å². The zero-order chi connectivity index (χ0) is 12.2. The molecule has 1 aromatic carbocycles. The zero-order valence-electron chi connectivity index (χ0n) is 10.5. The molecule has 1 aromatic rings. The van der Waals surface area contributed by atoms with E-state index in [2.05, 4.69) is 26.8 Å². The van der Waals surface area contributed by atoms with Gasteiger partial charge in [0.25, 0.3) is 0 Å². The predicted octanol–water partition coefficient (Wildman–Crippen LogP) is 4.21. The van der Waals surface area contributed by atoms with E-state index in [4.69, 9.17) is 17.3 Å². The average molecular weight is 240 g/mol. The standard InChI is InChI=1S/C14H22ClN/c1-14(2,3)8-7-12(10-16)11-5-4-6-13(15)9-11/h4-6,9,12H,7-8,10,16H2,1-3H3. The summed E-state index contributed by atoms with van der Waals surface area (Å²) in [7, 11) is 0. The molecule has 0 saturated carbocycles. The Morgan fingerprint density at radius 1 is 1.31 bits per heavy atom. The molecule has 1 nitrogen and oxygen atoms in total. The highest BCUT2D eigenvalue weighted by Gasteiger charge is 2.15. The van der Waals surface area contributed by atoms with Crippen molar-refractivity contribution in [2.75, 3.05) is 6.54 Å². The second-order valence-corrected chi connectivity index (χ2v) is 6.02. The van der Waals surface area contributed by atoms with Gasteiger partial charge in [-0.1, -0.05) is 44.5 Å². The molecule has 2 N–H and O–H groups in total. The van der Waals surface area contributed by atoms with Crippen molar-refractivity contribution < 1.29 is 0 Å². The number of hydrogen-bond acceptors (Lipinski definition) is 1. The topological polar surface area (TPSA) is 26.0 Å². The lowest BCUT2D eigenvalue weighted by Gasteiger charge is -2.22. The van der Waals surface area contributed by atoms with Crippen LogP contribution in [0.1, 0.15) is 45.1 Å². The lowest BCUT2D eigenvalue weighted by Crippen LogP contribution is -2.15. The minimum atomic E-state index is 0.367. The van der Waals surface area contributed by atoms with Crippen LogP contribution in [0.4, 0.5) is 0 Å². The van der Waals surface area contributed by atoms with Crippen LogP contribution in [0.25, 0.3) is 0 Å². The highest BCUT2D eigenvalue weighted by Crippen LogP contribution is 2.29. The molecule has 2 heteroatoms. The van der Waals surface area contributed by atoms with E-state index in [9.17, 15) is 0 Å². The molecule has 1 atom stereocenters. The second-order valence-electron chi connectivity index (χ2n) is 5.59. The van der Waals surface area contributed by atoms with Gasteiger partial charge in [-0.05, 0) is 48.4 Å². The first-order valence-electron chi connectivity index (χ1n) is 5.88. The molecular formula is C14H22ClN. The third kappa shape index (κ3) is 4.54. The quantitative estimate of drug-likeness (QED) is 0.837. The van der Waals surface area contributed by atoms with E-state index < -0.39 is 0 Å². The first kappa shape index (κ1) is 13.5. The lowest BCUT2D eigenvalue weighted by molar-refractivity contribution is 0.349. The van der Waals surface area contributed by atoms with Gasteiger partial charge >= 0.3 is 0 Å².